The largest absolute Gasteiger partial charge is 0.484 e. The monoisotopic (exact) mass is 366 g/mol. The highest BCUT2D eigenvalue weighted by Crippen LogP contribution is 2.20. The quantitative estimate of drug-likeness (QED) is 0.855. The molecule has 1 aliphatic rings. The van der Waals surface area contributed by atoms with E-state index in [1.165, 1.54) is 5.56 Å². The van der Waals surface area contributed by atoms with Crippen molar-refractivity contribution in [3.63, 3.8) is 0 Å². The molecule has 27 heavy (non-hydrogen) atoms. The highest BCUT2D eigenvalue weighted by molar-refractivity contribution is 5.88. The van der Waals surface area contributed by atoms with E-state index >= 15 is 0 Å². The van der Waals surface area contributed by atoms with Gasteiger partial charge in [0.2, 0.25) is 5.91 Å². The minimum atomic E-state index is -0.412. The molecule has 1 fully saturated rings. The first-order chi connectivity index (χ1) is 13.0. The fourth-order valence-electron chi connectivity index (χ4n) is 3.27. The van der Waals surface area contributed by atoms with Gasteiger partial charge in [-0.2, -0.15) is 0 Å². The summed E-state index contributed by atoms with van der Waals surface area (Å²) in [6, 6.07) is 15.1. The zero-order valence-electron chi connectivity index (χ0n) is 15.9. The van der Waals surface area contributed by atoms with Gasteiger partial charge in [-0.15, -0.1) is 0 Å². The van der Waals surface area contributed by atoms with Crippen molar-refractivity contribution in [1.29, 1.82) is 0 Å². The smallest absolute Gasteiger partial charge is 0.261 e. The highest BCUT2D eigenvalue weighted by atomic mass is 16.5. The van der Waals surface area contributed by atoms with Gasteiger partial charge in [0.15, 0.2) is 6.61 Å². The van der Waals surface area contributed by atoms with Crippen molar-refractivity contribution in [1.82, 2.24) is 10.2 Å². The van der Waals surface area contributed by atoms with Crippen molar-refractivity contribution in [3.05, 3.63) is 65.2 Å². The van der Waals surface area contributed by atoms with E-state index in [-0.39, 0.29) is 18.4 Å². The summed E-state index contributed by atoms with van der Waals surface area (Å²) < 4.78 is 5.65. The maximum atomic E-state index is 12.6. The second-order valence-electron chi connectivity index (χ2n) is 6.98. The van der Waals surface area contributed by atoms with Crippen molar-refractivity contribution in [3.8, 4) is 5.75 Å². The number of carbonyl (C=O) groups is 2. The first-order valence-electron chi connectivity index (χ1n) is 9.36. The molecule has 0 aromatic heterocycles. The van der Waals surface area contributed by atoms with Crippen LogP contribution in [0.4, 0.5) is 0 Å². The number of hydrogen-bond donors (Lipinski definition) is 1. The number of carbonyl (C=O) groups excluding carboxylic acids is 2. The van der Waals surface area contributed by atoms with E-state index in [0.717, 1.165) is 17.5 Å². The average molecular weight is 366 g/mol. The Kier molecular flexibility index (Phi) is 6.12. The summed E-state index contributed by atoms with van der Waals surface area (Å²) in [6.07, 6.45) is 1.52. The average Bonchev–Trinajstić information content (AvgIpc) is 3.17. The van der Waals surface area contributed by atoms with Crippen molar-refractivity contribution < 1.29 is 14.3 Å². The predicted molar refractivity (Wildman–Crippen MR) is 104 cm³/mol. The molecule has 0 unspecified atom stereocenters. The molecule has 0 spiro atoms. The van der Waals surface area contributed by atoms with Crippen LogP contribution in [0.3, 0.4) is 0 Å². The summed E-state index contributed by atoms with van der Waals surface area (Å²) in [5.74, 6) is 0.428. The standard InChI is InChI=1S/C22H26N2O3/c1-16-10-11-19(13-17(16)2)27-15-21(25)24-12-6-9-20(24)22(26)23-14-18-7-4-3-5-8-18/h3-5,7-8,10-11,13,20H,6,9,12,14-15H2,1-2H3,(H,23,26)/t20-/m1/s1. The third-order valence-corrected chi connectivity index (χ3v) is 5.03. The fourth-order valence-corrected chi connectivity index (χ4v) is 3.27. The lowest BCUT2D eigenvalue weighted by molar-refractivity contribution is -0.140. The van der Waals surface area contributed by atoms with E-state index in [1.54, 1.807) is 4.90 Å². The summed E-state index contributed by atoms with van der Waals surface area (Å²) in [5.41, 5.74) is 3.35. The molecule has 2 aromatic carbocycles. The summed E-state index contributed by atoms with van der Waals surface area (Å²) in [5, 5.41) is 2.94. The molecular weight excluding hydrogens is 340 g/mol. The number of hydrogen-bond acceptors (Lipinski definition) is 3. The topological polar surface area (TPSA) is 58.6 Å². The van der Waals surface area contributed by atoms with E-state index in [9.17, 15) is 9.59 Å². The molecule has 5 nitrogen and oxygen atoms in total. The third-order valence-electron chi connectivity index (χ3n) is 5.03. The lowest BCUT2D eigenvalue weighted by Crippen LogP contribution is -2.47. The number of amides is 2. The Morgan fingerprint density at radius 2 is 1.89 bits per heavy atom. The second kappa shape index (κ2) is 8.71. The molecule has 0 aliphatic carbocycles. The van der Waals surface area contributed by atoms with Crippen molar-refractivity contribution in [2.24, 2.45) is 0 Å². The van der Waals surface area contributed by atoms with Crippen LogP contribution in [0.15, 0.2) is 48.5 Å². The molecule has 2 aromatic rings. The Morgan fingerprint density at radius 1 is 1.11 bits per heavy atom. The highest BCUT2D eigenvalue weighted by Gasteiger charge is 2.34. The third kappa shape index (κ3) is 4.88. The molecule has 5 heteroatoms. The van der Waals surface area contributed by atoms with Crippen LogP contribution in [-0.4, -0.2) is 35.9 Å². The van der Waals surface area contributed by atoms with Crippen LogP contribution in [0.1, 0.15) is 29.5 Å². The van der Waals surface area contributed by atoms with Crippen molar-refractivity contribution in [2.45, 2.75) is 39.3 Å². The van der Waals surface area contributed by atoms with Gasteiger partial charge in [-0.05, 0) is 55.5 Å². The molecule has 3 rings (SSSR count). The molecule has 1 atom stereocenters. The maximum Gasteiger partial charge on any atom is 0.261 e. The molecule has 0 radical (unpaired) electrons. The summed E-state index contributed by atoms with van der Waals surface area (Å²) in [7, 11) is 0. The normalized spacial score (nSPS) is 16.2. The molecule has 0 bridgehead atoms. The van der Waals surface area contributed by atoms with E-state index in [0.29, 0.717) is 25.3 Å². The van der Waals surface area contributed by atoms with Gasteiger partial charge in [0.05, 0.1) is 0 Å². The molecule has 1 heterocycles. The van der Waals surface area contributed by atoms with Crippen LogP contribution >= 0.6 is 0 Å². The fraction of sp³-hybridized carbons (Fsp3) is 0.364. The minimum Gasteiger partial charge on any atom is -0.484 e. The zero-order valence-corrected chi connectivity index (χ0v) is 15.9. The minimum absolute atomic E-state index is 0.0506. The molecule has 2 amide bonds. The number of aryl methyl sites for hydroxylation is 2. The van der Waals surface area contributed by atoms with Gasteiger partial charge < -0.3 is 15.0 Å². The molecule has 142 valence electrons. The second-order valence-corrected chi connectivity index (χ2v) is 6.98. The number of benzene rings is 2. The maximum absolute atomic E-state index is 12.6. The van der Waals surface area contributed by atoms with E-state index in [1.807, 2.05) is 62.4 Å². The van der Waals surface area contributed by atoms with Crippen molar-refractivity contribution in [2.75, 3.05) is 13.2 Å². The molecule has 1 N–H and O–H groups in total. The SMILES string of the molecule is Cc1ccc(OCC(=O)N2CCC[C@@H]2C(=O)NCc2ccccc2)cc1C. The lowest BCUT2D eigenvalue weighted by atomic mass is 10.1. The van der Waals surface area contributed by atoms with E-state index in [4.69, 9.17) is 4.74 Å². The number of ether oxygens (including phenoxy) is 1. The van der Waals surface area contributed by atoms with Crippen LogP contribution < -0.4 is 10.1 Å². The number of rotatable bonds is 6. The number of likely N-dealkylation sites (tertiary alicyclic amines) is 1. The van der Waals surface area contributed by atoms with Gasteiger partial charge in [0.25, 0.3) is 5.91 Å². The van der Waals surface area contributed by atoms with Gasteiger partial charge in [0, 0.05) is 13.1 Å². The Hall–Kier alpha value is -2.82. The molecule has 0 saturated carbocycles. The van der Waals surface area contributed by atoms with Crippen LogP contribution in [0.2, 0.25) is 0 Å². The summed E-state index contributed by atoms with van der Waals surface area (Å²) in [6.45, 7) is 5.06. The number of nitrogens with one attached hydrogen (secondary N) is 1. The summed E-state index contributed by atoms with van der Waals surface area (Å²) >= 11 is 0. The molecule has 1 aliphatic heterocycles. The van der Waals surface area contributed by atoms with Crippen LogP contribution in [-0.2, 0) is 16.1 Å². The zero-order chi connectivity index (χ0) is 19.2. The Morgan fingerprint density at radius 3 is 2.63 bits per heavy atom. The van der Waals surface area contributed by atoms with Gasteiger partial charge in [-0.1, -0.05) is 36.4 Å². The van der Waals surface area contributed by atoms with E-state index in [2.05, 4.69) is 5.32 Å². The van der Waals surface area contributed by atoms with Gasteiger partial charge >= 0.3 is 0 Å². The van der Waals surface area contributed by atoms with E-state index < -0.39 is 6.04 Å². The summed E-state index contributed by atoms with van der Waals surface area (Å²) in [4.78, 5) is 26.8. The first-order valence-corrected chi connectivity index (χ1v) is 9.36. The molecule has 1 saturated heterocycles. The van der Waals surface area contributed by atoms with Crippen LogP contribution in [0, 0.1) is 13.8 Å². The lowest BCUT2D eigenvalue weighted by Gasteiger charge is -2.24. The Labute approximate surface area is 160 Å². The Bertz CT molecular complexity index is 804. The Balaban J connectivity index is 1.53. The van der Waals surface area contributed by atoms with Gasteiger partial charge in [-0.25, -0.2) is 0 Å². The predicted octanol–water partition coefficient (Wildman–Crippen LogP) is 2.99. The van der Waals surface area contributed by atoms with Gasteiger partial charge in [0.1, 0.15) is 11.8 Å². The van der Waals surface area contributed by atoms with Crippen LogP contribution in [0.5, 0.6) is 5.75 Å². The van der Waals surface area contributed by atoms with Gasteiger partial charge in [-0.3, -0.25) is 9.59 Å². The molecular formula is C22H26N2O3. The first kappa shape index (κ1) is 19.0. The number of nitrogens with zero attached hydrogens (tertiary/aromatic N) is 1. The van der Waals surface area contributed by atoms with Crippen molar-refractivity contribution >= 4 is 11.8 Å². The van der Waals surface area contributed by atoms with Crippen LogP contribution in [0.25, 0.3) is 0 Å².